The molecule has 0 atom stereocenters. The quantitative estimate of drug-likeness (QED) is 0.875. The Labute approximate surface area is 149 Å². The summed E-state index contributed by atoms with van der Waals surface area (Å²) in [6.45, 7) is 3.04. The highest BCUT2D eigenvalue weighted by Gasteiger charge is 2.25. The van der Waals surface area contributed by atoms with Crippen LogP contribution in [0.25, 0.3) is 10.9 Å². The molecule has 0 bridgehead atoms. The maximum atomic E-state index is 13.2. The van der Waals surface area contributed by atoms with Crippen LogP contribution < -0.4 is 10.9 Å². The smallest absolute Gasteiger partial charge is 0.409 e. The lowest BCUT2D eigenvalue weighted by molar-refractivity contribution is 0.0859. The summed E-state index contributed by atoms with van der Waals surface area (Å²) in [7, 11) is 0. The van der Waals surface area contributed by atoms with Crippen LogP contribution in [0, 0.1) is 5.82 Å². The zero-order chi connectivity index (χ0) is 18.7. The van der Waals surface area contributed by atoms with Crippen LogP contribution in [-0.4, -0.2) is 47.6 Å². The number of nitrogens with zero attached hydrogens (tertiary/aromatic N) is 1. The predicted molar refractivity (Wildman–Crippen MR) is 93.6 cm³/mol. The van der Waals surface area contributed by atoms with E-state index in [-0.39, 0.29) is 17.7 Å². The topological polar surface area (TPSA) is 91.5 Å². The molecule has 0 radical (unpaired) electrons. The average molecular weight is 361 g/mol. The van der Waals surface area contributed by atoms with E-state index in [1.54, 1.807) is 11.8 Å². The van der Waals surface area contributed by atoms with Gasteiger partial charge in [-0.3, -0.25) is 9.59 Å². The molecule has 0 unspecified atom stereocenters. The lowest BCUT2D eigenvalue weighted by atomic mass is 10.0. The second-order valence-electron chi connectivity index (χ2n) is 6.18. The molecule has 1 aromatic heterocycles. The van der Waals surface area contributed by atoms with Gasteiger partial charge in [-0.25, -0.2) is 9.18 Å². The Morgan fingerprint density at radius 1 is 1.31 bits per heavy atom. The van der Waals surface area contributed by atoms with E-state index in [9.17, 15) is 18.8 Å². The average Bonchev–Trinajstić information content (AvgIpc) is 2.61. The zero-order valence-electron chi connectivity index (χ0n) is 14.4. The van der Waals surface area contributed by atoms with Crippen molar-refractivity contribution in [2.75, 3.05) is 19.7 Å². The first-order valence-corrected chi connectivity index (χ1v) is 8.53. The van der Waals surface area contributed by atoms with Crippen LogP contribution >= 0.6 is 0 Å². The molecule has 1 aromatic carbocycles. The first kappa shape index (κ1) is 17.9. The van der Waals surface area contributed by atoms with Crippen LogP contribution in [0.4, 0.5) is 9.18 Å². The first-order valence-electron chi connectivity index (χ1n) is 8.53. The number of aromatic nitrogens is 1. The van der Waals surface area contributed by atoms with Gasteiger partial charge in [0.25, 0.3) is 11.5 Å². The van der Waals surface area contributed by atoms with E-state index in [0.29, 0.717) is 43.4 Å². The third-order valence-electron chi connectivity index (χ3n) is 4.41. The summed E-state index contributed by atoms with van der Waals surface area (Å²) in [4.78, 5) is 40.4. The van der Waals surface area contributed by atoms with Crippen LogP contribution in [0.2, 0.25) is 0 Å². The number of likely N-dealkylation sites (tertiary alicyclic amines) is 1. The van der Waals surface area contributed by atoms with Gasteiger partial charge in [0.15, 0.2) is 0 Å². The molecular weight excluding hydrogens is 341 g/mol. The first-order chi connectivity index (χ1) is 12.5. The minimum Gasteiger partial charge on any atom is -0.450 e. The standard InChI is InChI=1S/C18H20FN3O4/c1-2-26-18(25)22-7-5-13(6-8-22)20-16(23)14-9-11-3-4-12(19)10-15(11)21-17(14)24/h3-4,9-10,13H,2,5-8H2,1H3,(H,20,23)(H,21,24). The summed E-state index contributed by atoms with van der Waals surface area (Å²) in [5.41, 5.74) is -0.240. The molecule has 26 heavy (non-hydrogen) atoms. The number of H-pyrrole nitrogens is 1. The molecule has 138 valence electrons. The van der Waals surface area contributed by atoms with Gasteiger partial charge in [0.2, 0.25) is 0 Å². The number of ether oxygens (including phenoxy) is 1. The van der Waals surface area contributed by atoms with Crippen molar-refractivity contribution in [3.05, 3.63) is 46.0 Å². The predicted octanol–water partition coefficient (Wildman–Crippen LogP) is 2.02. The highest BCUT2D eigenvalue weighted by atomic mass is 19.1. The summed E-state index contributed by atoms with van der Waals surface area (Å²) in [5.74, 6) is -0.939. The van der Waals surface area contributed by atoms with Gasteiger partial charge in [-0.1, -0.05) is 0 Å². The van der Waals surface area contributed by atoms with Gasteiger partial charge in [-0.2, -0.15) is 0 Å². The van der Waals surface area contributed by atoms with E-state index < -0.39 is 17.3 Å². The molecule has 2 aromatic rings. The van der Waals surface area contributed by atoms with Gasteiger partial charge in [0.1, 0.15) is 11.4 Å². The monoisotopic (exact) mass is 361 g/mol. The van der Waals surface area contributed by atoms with Crippen molar-refractivity contribution in [2.24, 2.45) is 0 Å². The molecule has 0 aliphatic carbocycles. The Hall–Kier alpha value is -2.90. The summed E-state index contributed by atoms with van der Waals surface area (Å²) in [5, 5.41) is 3.41. The van der Waals surface area contributed by atoms with E-state index in [4.69, 9.17) is 4.74 Å². The molecule has 8 heteroatoms. The lowest BCUT2D eigenvalue weighted by Gasteiger charge is -2.31. The maximum absolute atomic E-state index is 13.2. The molecule has 2 heterocycles. The number of fused-ring (bicyclic) bond motifs is 1. The Kier molecular flexibility index (Phi) is 5.20. The summed E-state index contributed by atoms with van der Waals surface area (Å²) >= 11 is 0. The van der Waals surface area contributed by atoms with E-state index in [2.05, 4.69) is 10.3 Å². The largest absolute Gasteiger partial charge is 0.450 e. The number of amides is 2. The number of carbonyl (C=O) groups is 2. The number of rotatable bonds is 3. The van der Waals surface area contributed by atoms with Crippen LogP contribution in [0.1, 0.15) is 30.1 Å². The van der Waals surface area contributed by atoms with Gasteiger partial charge in [-0.15, -0.1) is 0 Å². The van der Waals surface area contributed by atoms with Crippen LogP contribution in [0.5, 0.6) is 0 Å². The normalized spacial score (nSPS) is 15.1. The third-order valence-corrected chi connectivity index (χ3v) is 4.41. The van der Waals surface area contributed by atoms with Crippen LogP contribution in [-0.2, 0) is 4.74 Å². The third kappa shape index (κ3) is 3.84. The molecule has 1 saturated heterocycles. The number of carbonyl (C=O) groups excluding carboxylic acids is 2. The molecule has 0 saturated carbocycles. The number of pyridine rings is 1. The minimum atomic E-state index is -0.565. The number of aromatic amines is 1. The van der Waals surface area contributed by atoms with E-state index in [1.165, 1.54) is 24.3 Å². The SMILES string of the molecule is CCOC(=O)N1CCC(NC(=O)c2cc3ccc(F)cc3[nH]c2=O)CC1. The highest BCUT2D eigenvalue weighted by Crippen LogP contribution is 2.14. The Bertz CT molecular complexity index is 888. The van der Waals surface area contributed by atoms with Crippen molar-refractivity contribution in [3.63, 3.8) is 0 Å². The van der Waals surface area contributed by atoms with Crippen molar-refractivity contribution in [1.29, 1.82) is 0 Å². The molecule has 7 nitrogen and oxygen atoms in total. The molecule has 2 N–H and O–H groups in total. The van der Waals surface area contributed by atoms with Crippen molar-refractivity contribution in [1.82, 2.24) is 15.2 Å². The molecule has 1 fully saturated rings. The summed E-state index contributed by atoms with van der Waals surface area (Å²) < 4.78 is 18.2. The second-order valence-corrected chi connectivity index (χ2v) is 6.18. The lowest BCUT2D eigenvalue weighted by Crippen LogP contribution is -2.47. The molecule has 3 rings (SSSR count). The number of hydrogen-bond donors (Lipinski definition) is 2. The molecular formula is C18H20FN3O4. The van der Waals surface area contributed by atoms with Crippen molar-refractivity contribution < 1.29 is 18.7 Å². The van der Waals surface area contributed by atoms with Crippen molar-refractivity contribution in [3.8, 4) is 0 Å². The number of benzene rings is 1. The Morgan fingerprint density at radius 2 is 2.04 bits per heavy atom. The zero-order valence-corrected chi connectivity index (χ0v) is 14.4. The van der Waals surface area contributed by atoms with Gasteiger partial charge in [0.05, 0.1) is 12.1 Å². The van der Waals surface area contributed by atoms with E-state index >= 15 is 0 Å². The van der Waals surface area contributed by atoms with Gasteiger partial charge in [-0.05, 0) is 49.4 Å². The number of hydrogen-bond acceptors (Lipinski definition) is 4. The van der Waals surface area contributed by atoms with Crippen LogP contribution in [0.15, 0.2) is 29.1 Å². The molecule has 1 aliphatic heterocycles. The number of piperidine rings is 1. The molecule has 0 spiro atoms. The van der Waals surface area contributed by atoms with E-state index in [0.717, 1.165) is 0 Å². The van der Waals surface area contributed by atoms with E-state index in [1.807, 2.05) is 0 Å². The van der Waals surface area contributed by atoms with Crippen LogP contribution in [0.3, 0.4) is 0 Å². The minimum absolute atomic E-state index is 0.0167. The second kappa shape index (κ2) is 7.55. The fourth-order valence-corrected chi connectivity index (χ4v) is 3.03. The molecule has 1 aliphatic rings. The maximum Gasteiger partial charge on any atom is 0.409 e. The van der Waals surface area contributed by atoms with Gasteiger partial charge >= 0.3 is 6.09 Å². The number of halogens is 1. The Morgan fingerprint density at radius 3 is 2.73 bits per heavy atom. The van der Waals surface area contributed by atoms with Gasteiger partial charge in [0, 0.05) is 19.1 Å². The fourth-order valence-electron chi connectivity index (χ4n) is 3.03. The number of nitrogens with one attached hydrogen (secondary N) is 2. The summed E-state index contributed by atoms with van der Waals surface area (Å²) in [6.07, 6.45) is 0.818. The Balaban J connectivity index is 1.67. The fraction of sp³-hybridized carbons (Fsp3) is 0.389. The summed E-state index contributed by atoms with van der Waals surface area (Å²) in [6, 6.07) is 5.32. The molecule has 2 amide bonds. The van der Waals surface area contributed by atoms with Crippen molar-refractivity contribution in [2.45, 2.75) is 25.8 Å². The van der Waals surface area contributed by atoms with Crippen molar-refractivity contribution >= 4 is 22.9 Å². The highest BCUT2D eigenvalue weighted by molar-refractivity contribution is 5.97. The van der Waals surface area contributed by atoms with Gasteiger partial charge < -0.3 is 19.9 Å².